The van der Waals surface area contributed by atoms with E-state index in [1.54, 1.807) is 37.2 Å². The lowest BCUT2D eigenvalue weighted by atomic mass is 10.1. The first-order chi connectivity index (χ1) is 17.6. The Morgan fingerprint density at radius 1 is 0.946 bits per heavy atom. The van der Waals surface area contributed by atoms with Crippen LogP contribution < -0.4 is 11.2 Å². The minimum atomic E-state index is -0.855. The average molecular weight is 509 g/mol. The normalized spacial score (nSPS) is 13.5. The Kier molecular flexibility index (Phi) is 7.23. The fourth-order valence-corrected chi connectivity index (χ4v) is 4.17. The summed E-state index contributed by atoms with van der Waals surface area (Å²) < 4.78 is 15.7. The van der Waals surface area contributed by atoms with E-state index < -0.39 is 28.7 Å². The van der Waals surface area contributed by atoms with Crippen LogP contribution in [-0.2, 0) is 6.54 Å². The van der Waals surface area contributed by atoms with Crippen LogP contribution in [-0.4, -0.2) is 81.3 Å². The summed E-state index contributed by atoms with van der Waals surface area (Å²) in [5.41, 5.74) is 0.695. The predicted molar refractivity (Wildman–Crippen MR) is 136 cm³/mol. The van der Waals surface area contributed by atoms with E-state index in [-0.39, 0.29) is 25.7 Å². The van der Waals surface area contributed by atoms with Crippen LogP contribution in [0.3, 0.4) is 0 Å². The third-order valence-corrected chi connectivity index (χ3v) is 6.45. The van der Waals surface area contributed by atoms with Gasteiger partial charge in [-0.2, -0.15) is 9.78 Å². The van der Waals surface area contributed by atoms with Crippen LogP contribution in [0.15, 0.2) is 52.1 Å². The molecule has 11 heteroatoms. The zero-order valence-electron chi connectivity index (χ0n) is 21.3. The Labute approximate surface area is 213 Å². The van der Waals surface area contributed by atoms with Crippen molar-refractivity contribution in [1.29, 1.82) is 0 Å². The Hall–Kier alpha value is -4.28. The predicted octanol–water partition coefficient (Wildman–Crippen LogP) is 1.64. The molecule has 0 saturated carbocycles. The Morgan fingerprint density at radius 3 is 2.24 bits per heavy atom. The molecule has 1 aromatic heterocycles. The minimum absolute atomic E-state index is 0.161. The van der Waals surface area contributed by atoms with Crippen molar-refractivity contribution in [3.63, 3.8) is 0 Å². The van der Waals surface area contributed by atoms with Gasteiger partial charge in [0.2, 0.25) is 5.69 Å². The van der Waals surface area contributed by atoms with E-state index in [1.807, 2.05) is 19.9 Å². The van der Waals surface area contributed by atoms with Gasteiger partial charge in [0.1, 0.15) is 5.82 Å². The number of hydrogen-bond donors (Lipinski definition) is 0. The molecule has 0 bridgehead atoms. The fourth-order valence-electron chi connectivity index (χ4n) is 4.17. The standard InChI is InChI=1S/C26H29FN6O4/c1-17-8-9-21(14-18(17)2)33-26(37)32(16-19-6-5-7-20(27)15-19)24(35)22(28-33)23(34)30-10-12-31(13-11-30)25(36)29(3)4/h5-9,14-15H,10-13,16H2,1-4H3. The van der Waals surface area contributed by atoms with Crippen LogP contribution in [0.5, 0.6) is 0 Å². The molecule has 1 aliphatic rings. The minimum Gasteiger partial charge on any atom is -0.334 e. The lowest BCUT2D eigenvalue weighted by Crippen LogP contribution is -2.54. The number of aromatic nitrogens is 3. The second-order valence-electron chi connectivity index (χ2n) is 9.29. The van der Waals surface area contributed by atoms with Crippen molar-refractivity contribution in [2.24, 2.45) is 0 Å². The molecule has 0 unspecified atom stereocenters. The maximum Gasteiger partial charge on any atom is 0.352 e. The van der Waals surface area contributed by atoms with E-state index >= 15 is 0 Å². The molecule has 3 amide bonds. The molecule has 0 aliphatic carbocycles. The smallest absolute Gasteiger partial charge is 0.334 e. The summed E-state index contributed by atoms with van der Waals surface area (Å²) in [4.78, 5) is 57.1. The van der Waals surface area contributed by atoms with Gasteiger partial charge >= 0.3 is 11.7 Å². The number of piperazine rings is 1. The van der Waals surface area contributed by atoms with E-state index in [0.717, 1.165) is 20.4 Å². The van der Waals surface area contributed by atoms with Crippen molar-refractivity contribution in [3.8, 4) is 5.69 Å². The molecule has 194 valence electrons. The second kappa shape index (κ2) is 10.4. The molecule has 37 heavy (non-hydrogen) atoms. The number of halogens is 1. The van der Waals surface area contributed by atoms with Crippen molar-refractivity contribution < 1.29 is 14.0 Å². The third kappa shape index (κ3) is 5.30. The second-order valence-corrected chi connectivity index (χ2v) is 9.29. The monoisotopic (exact) mass is 508 g/mol. The first-order valence-electron chi connectivity index (χ1n) is 11.9. The maximum absolute atomic E-state index is 13.8. The van der Waals surface area contributed by atoms with E-state index in [0.29, 0.717) is 24.3 Å². The van der Waals surface area contributed by atoms with Gasteiger partial charge in [0, 0.05) is 40.3 Å². The highest BCUT2D eigenvalue weighted by Gasteiger charge is 2.29. The van der Waals surface area contributed by atoms with Crippen molar-refractivity contribution in [2.45, 2.75) is 20.4 Å². The fraction of sp³-hybridized carbons (Fsp3) is 0.346. The molecule has 2 heterocycles. The van der Waals surface area contributed by atoms with Crippen LogP contribution in [0, 0.1) is 19.7 Å². The van der Waals surface area contributed by atoms with Gasteiger partial charge in [-0.1, -0.05) is 18.2 Å². The van der Waals surface area contributed by atoms with Gasteiger partial charge in [0.05, 0.1) is 12.2 Å². The van der Waals surface area contributed by atoms with Crippen LogP contribution in [0.25, 0.3) is 5.69 Å². The van der Waals surface area contributed by atoms with Crippen molar-refractivity contribution >= 4 is 11.9 Å². The molecule has 0 radical (unpaired) electrons. The maximum atomic E-state index is 13.8. The summed E-state index contributed by atoms with van der Waals surface area (Å²) in [6, 6.07) is 10.7. The molecule has 10 nitrogen and oxygen atoms in total. The highest BCUT2D eigenvalue weighted by atomic mass is 19.1. The number of hydrogen-bond acceptors (Lipinski definition) is 5. The number of rotatable bonds is 4. The van der Waals surface area contributed by atoms with Crippen molar-refractivity contribution in [2.75, 3.05) is 40.3 Å². The summed E-state index contributed by atoms with van der Waals surface area (Å²) >= 11 is 0. The summed E-state index contributed by atoms with van der Waals surface area (Å²) in [7, 11) is 3.31. The first-order valence-corrected chi connectivity index (χ1v) is 11.9. The van der Waals surface area contributed by atoms with E-state index in [9.17, 15) is 23.6 Å². The number of carbonyl (C=O) groups excluding carboxylic acids is 2. The topological polar surface area (TPSA) is 101 Å². The van der Waals surface area contributed by atoms with Gasteiger partial charge in [-0.25, -0.2) is 14.0 Å². The van der Waals surface area contributed by atoms with Gasteiger partial charge in [-0.3, -0.25) is 14.2 Å². The highest BCUT2D eigenvalue weighted by molar-refractivity contribution is 5.92. The van der Waals surface area contributed by atoms with E-state index in [4.69, 9.17) is 0 Å². The van der Waals surface area contributed by atoms with Crippen molar-refractivity contribution in [1.82, 2.24) is 29.0 Å². The average Bonchev–Trinajstić information content (AvgIpc) is 2.87. The van der Waals surface area contributed by atoms with E-state index in [2.05, 4.69) is 5.10 Å². The molecule has 1 saturated heterocycles. The summed E-state index contributed by atoms with van der Waals surface area (Å²) in [5, 5.41) is 4.21. The number of aryl methyl sites for hydroxylation is 2. The van der Waals surface area contributed by atoms with Crippen LogP contribution in [0.4, 0.5) is 9.18 Å². The first kappa shape index (κ1) is 25.8. The molecule has 0 spiro atoms. The molecule has 0 atom stereocenters. The summed E-state index contributed by atoms with van der Waals surface area (Å²) in [6.45, 7) is 4.61. The summed E-state index contributed by atoms with van der Waals surface area (Å²) in [5.74, 6) is -1.14. The molecule has 2 aromatic carbocycles. The largest absolute Gasteiger partial charge is 0.352 e. The molecule has 0 N–H and O–H groups in total. The number of benzene rings is 2. The zero-order chi connectivity index (χ0) is 26.9. The number of carbonyl (C=O) groups is 2. The number of amides is 3. The Bertz CT molecular complexity index is 1470. The van der Waals surface area contributed by atoms with Gasteiger partial charge in [-0.05, 0) is 54.8 Å². The number of urea groups is 1. The molecule has 3 aromatic rings. The van der Waals surface area contributed by atoms with Crippen LogP contribution in [0.1, 0.15) is 27.2 Å². The quantitative estimate of drug-likeness (QED) is 0.534. The van der Waals surface area contributed by atoms with Gasteiger partial charge in [-0.15, -0.1) is 0 Å². The van der Waals surface area contributed by atoms with Gasteiger partial charge in [0.25, 0.3) is 11.5 Å². The number of nitrogens with zero attached hydrogens (tertiary/aromatic N) is 6. The van der Waals surface area contributed by atoms with Gasteiger partial charge < -0.3 is 14.7 Å². The summed E-state index contributed by atoms with van der Waals surface area (Å²) in [6.07, 6.45) is 0. The lowest BCUT2D eigenvalue weighted by molar-refractivity contribution is 0.0639. The third-order valence-electron chi connectivity index (χ3n) is 6.45. The zero-order valence-corrected chi connectivity index (χ0v) is 21.3. The molecule has 4 rings (SSSR count). The molecular weight excluding hydrogens is 479 g/mol. The Morgan fingerprint density at radius 2 is 1.62 bits per heavy atom. The SMILES string of the molecule is Cc1ccc(-n2nc(C(=O)N3CCN(C(=O)N(C)C)CC3)c(=O)n(Cc3cccc(F)c3)c2=O)cc1C. The molecule has 1 fully saturated rings. The van der Waals surface area contributed by atoms with Crippen molar-refractivity contribution in [3.05, 3.63) is 91.5 Å². The van der Waals surface area contributed by atoms with Gasteiger partial charge in [0.15, 0.2) is 0 Å². The Balaban J connectivity index is 1.76. The molecular formula is C26H29FN6O4. The molecule has 1 aliphatic heterocycles. The lowest BCUT2D eigenvalue weighted by Gasteiger charge is -2.35. The van der Waals surface area contributed by atoms with Crippen LogP contribution in [0.2, 0.25) is 0 Å². The van der Waals surface area contributed by atoms with E-state index in [1.165, 1.54) is 28.0 Å². The highest BCUT2D eigenvalue weighted by Crippen LogP contribution is 2.13. The van der Waals surface area contributed by atoms with Crippen LogP contribution >= 0.6 is 0 Å².